The topological polar surface area (TPSA) is 80.9 Å². The van der Waals surface area contributed by atoms with Crippen molar-refractivity contribution in [1.82, 2.24) is 0 Å². The zero-order chi connectivity index (χ0) is 15.5. The number of furan rings is 1. The highest BCUT2D eigenvalue weighted by Gasteiger charge is 2.24. The van der Waals surface area contributed by atoms with Gasteiger partial charge in [0.25, 0.3) is 5.91 Å². The molecule has 1 aliphatic rings. The summed E-state index contributed by atoms with van der Waals surface area (Å²) in [5.74, 6) is 0.814. The van der Waals surface area contributed by atoms with E-state index in [1.165, 1.54) is 0 Å². The first-order valence-electron chi connectivity index (χ1n) is 6.70. The molecule has 0 bridgehead atoms. The summed E-state index contributed by atoms with van der Waals surface area (Å²) < 4.78 is 17.4. The fourth-order valence-corrected chi connectivity index (χ4v) is 2.93. The van der Waals surface area contributed by atoms with E-state index in [0.717, 1.165) is 0 Å². The van der Waals surface area contributed by atoms with E-state index in [9.17, 15) is 9.00 Å². The molecule has 7 heteroatoms. The second-order valence-electron chi connectivity index (χ2n) is 4.68. The van der Waals surface area contributed by atoms with Crippen LogP contribution in [-0.2, 0) is 15.6 Å². The Kier molecular flexibility index (Phi) is 4.06. The van der Waals surface area contributed by atoms with Crippen LogP contribution in [0.1, 0.15) is 21.9 Å². The van der Waals surface area contributed by atoms with E-state index in [0.29, 0.717) is 35.1 Å². The van der Waals surface area contributed by atoms with Crippen molar-refractivity contribution >= 4 is 27.4 Å². The van der Waals surface area contributed by atoms with Crippen LogP contribution in [0.5, 0.6) is 0 Å². The quantitative estimate of drug-likeness (QED) is 0.941. The number of amides is 1. The Morgan fingerprint density at radius 2 is 2.09 bits per heavy atom. The highest BCUT2D eigenvalue weighted by Crippen LogP contribution is 2.20. The molecule has 0 spiro atoms. The van der Waals surface area contributed by atoms with Gasteiger partial charge in [-0.3, -0.25) is 9.00 Å². The molecule has 0 fully saturated rings. The third-order valence-corrected chi connectivity index (χ3v) is 4.37. The zero-order valence-corrected chi connectivity index (χ0v) is 12.7. The van der Waals surface area contributed by atoms with Crippen LogP contribution in [0.2, 0.25) is 0 Å². The lowest BCUT2D eigenvalue weighted by atomic mass is 10.2. The molecule has 1 atom stereocenters. The summed E-state index contributed by atoms with van der Waals surface area (Å²) in [6.45, 7) is 1.99. The summed E-state index contributed by atoms with van der Waals surface area (Å²) in [5.41, 5.74) is 1.07. The van der Waals surface area contributed by atoms with E-state index in [2.05, 4.69) is 10.5 Å². The summed E-state index contributed by atoms with van der Waals surface area (Å²) in [5, 5.41) is 6.78. The number of nitrogens with one attached hydrogen (secondary N) is 1. The van der Waals surface area contributed by atoms with Gasteiger partial charge in [0.15, 0.2) is 5.76 Å². The average Bonchev–Trinajstić information content (AvgIpc) is 2.90. The summed E-state index contributed by atoms with van der Waals surface area (Å²) in [4.78, 5) is 17.2. The van der Waals surface area contributed by atoms with Crippen LogP contribution in [0.15, 0.2) is 46.0 Å². The Morgan fingerprint density at radius 3 is 2.82 bits per heavy atom. The number of anilines is 1. The average molecular weight is 318 g/mol. The largest absolute Gasteiger partial charge is 0.458 e. The molecule has 114 valence electrons. The minimum Gasteiger partial charge on any atom is -0.458 e. The van der Waals surface area contributed by atoms with Crippen LogP contribution in [0, 0.1) is 6.92 Å². The molecule has 1 aliphatic heterocycles. The van der Waals surface area contributed by atoms with Crippen molar-refractivity contribution in [3.8, 4) is 0 Å². The molecular weight excluding hydrogens is 304 g/mol. The number of carbonyl (C=O) groups is 1. The van der Waals surface area contributed by atoms with Crippen molar-refractivity contribution in [3.05, 3.63) is 53.5 Å². The molecular formula is C15H14N2O4S. The van der Waals surface area contributed by atoms with Gasteiger partial charge >= 0.3 is 0 Å². The lowest BCUT2D eigenvalue weighted by Gasteiger charge is -2.08. The Bertz CT molecular complexity index is 752. The Hall–Kier alpha value is -2.41. The predicted octanol–water partition coefficient (Wildman–Crippen LogP) is 2.28. The SMILES string of the molecule is Cc1oc(C2=NOCCS2=O)cc1C(=O)Nc1ccccc1. The van der Waals surface area contributed by atoms with Crippen LogP contribution < -0.4 is 5.32 Å². The molecule has 2 aromatic rings. The molecule has 1 aromatic heterocycles. The normalized spacial score (nSPS) is 17.5. The summed E-state index contributed by atoms with van der Waals surface area (Å²) in [6.07, 6.45) is 0. The maximum absolute atomic E-state index is 12.3. The first-order chi connectivity index (χ1) is 10.6. The third-order valence-electron chi connectivity index (χ3n) is 3.13. The second-order valence-corrected chi connectivity index (χ2v) is 6.17. The highest BCUT2D eigenvalue weighted by atomic mass is 32.2. The maximum Gasteiger partial charge on any atom is 0.259 e. The minimum absolute atomic E-state index is 0.230. The van der Waals surface area contributed by atoms with Crippen LogP contribution in [0.25, 0.3) is 0 Å². The molecule has 0 aliphatic carbocycles. The van der Waals surface area contributed by atoms with Crippen molar-refractivity contribution < 1.29 is 18.3 Å². The summed E-state index contributed by atoms with van der Waals surface area (Å²) in [6, 6.07) is 10.7. The molecule has 1 N–H and O–H groups in total. The highest BCUT2D eigenvalue weighted by molar-refractivity contribution is 8.01. The predicted molar refractivity (Wildman–Crippen MR) is 83.3 cm³/mol. The molecule has 0 saturated heterocycles. The molecule has 3 rings (SSSR count). The van der Waals surface area contributed by atoms with Crippen LogP contribution >= 0.6 is 0 Å². The standard InChI is InChI=1S/C15H14N2O4S/c1-10-12(14(18)16-11-5-3-2-4-6-11)9-13(21-10)15-17-20-7-8-22(15)19/h2-6,9H,7-8H2,1H3,(H,16,18). The van der Waals surface area contributed by atoms with E-state index < -0.39 is 10.8 Å². The van der Waals surface area contributed by atoms with Gasteiger partial charge in [-0.2, -0.15) is 0 Å². The Labute approximate surface area is 129 Å². The summed E-state index contributed by atoms with van der Waals surface area (Å²) >= 11 is 0. The van der Waals surface area contributed by atoms with Gasteiger partial charge < -0.3 is 14.6 Å². The van der Waals surface area contributed by atoms with Gasteiger partial charge in [0.2, 0.25) is 5.04 Å². The first kappa shape index (κ1) is 14.5. The van der Waals surface area contributed by atoms with Crippen molar-refractivity contribution in [2.75, 3.05) is 17.7 Å². The molecule has 2 heterocycles. The van der Waals surface area contributed by atoms with Crippen molar-refractivity contribution in [2.45, 2.75) is 6.92 Å². The van der Waals surface area contributed by atoms with Crippen molar-refractivity contribution in [2.24, 2.45) is 5.16 Å². The van der Waals surface area contributed by atoms with Gasteiger partial charge in [-0.15, -0.1) is 0 Å². The van der Waals surface area contributed by atoms with Crippen LogP contribution in [0.4, 0.5) is 5.69 Å². The zero-order valence-electron chi connectivity index (χ0n) is 11.9. The fraction of sp³-hybridized carbons (Fsp3) is 0.200. The lowest BCUT2D eigenvalue weighted by Crippen LogP contribution is -2.20. The number of nitrogens with zero attached hydrogens (tertiary/aromatic N) is 1. The van der Waals surface area contributed by atoms with E-state index in [1.54, 1.807) is 25.1 Å². The van der Waals surface area contributed by atoms with Gasteiger partial charge in [0.1, 0.15) is 12.4 Å². The smallest absolute Gasteiger partial charge is 0.259 e. The number of hydrogen-bond acceptors (Lipinski definition) is 5. The monoisotopic (exact) mass is 318 g/mol. The van der Waals surface area contributed by atoms with E-state index >= 15 is 0 Å². The van der Waals surface area contributed by atoms with Gasteiger partial charge in [0, 0.05) is 5.69 Å². The van der Waals surface area contributed by atoms with Gasteiger partial charge in [-0.25, -0.2) is 0 Å². The van der Waals surface area contributed by atoms with E-state index in [-0.39, 0.29) is 11.0 Å². The van der Waals surface area contributed by atoms with Crippen LogP contribution in [-0.4, -0.2) is 27.5 Å². The first-order valence-corrected chi connectivity index (χ1v) is 8.02. The number of rotatable bonds is 3. The molecule has 22 heavy (non-hydrogen) atoms. The number of aryl methyl sites for hydroxylation is 1. The van der Waals surface area contributed by atoms with Gasteiger partial charge in [-0.1, -0.05) is 23.4 Å². The number of oxime groups is 1. The lowest BCUT2D eigenvalue weighted by molar-refractivity contribution is 0.102. The Balaban J connectivity index is 1.85. The van der Waals surface area contributed by atoms with Crippen molar-refractivity contribution in [3.63, 3.8) is 0 Å². The van der Waals surface area contributed by atoms with Crippen molar-refractivity contribution in [1.29, 1.82) is 0 Å². The van der Waals surface area contributed by atoms with Gasteiger partial charge in [0.05, 0.1) is 22.1 Å². The Morgan fingerprint density at radius 1 is 1.32 bits per heavy atom. The number of hydrogen-bond donors (Lipinski definition) is 1. The molecule has 1 aromatic carbocycles. The number of benzene rings is 1. The fourth-order valence-electron chi connectivity index (χ4n) is 2.05. The molecule has 1 unspecified atom stereocenters. The van der Waals surface area contributed by atoms with Gasteiger partial charge in [-0.05, 0) is 25.1 Å². The number of para-hydroxylation sites is 1. The molecule has 0 saturated carbocycles. The third kappa shape index (κ3) is 2.94. The van der Waals surface area contributed by atoms with E-state index in [4.69, 9.17) is 9.25 Å². The molecule has 6 nitrogen and oxygen atoms in total. The maximum atomic E-state index is 12.3. The second kappa shape index (κ2) is 6.15. The van der Waals surface area contributed by atoms with Crippen LogP contribution in [0.3, 0.4) is 0 Å². The van der Waals surface area contributed by atoms with E-state index in [1.807, 2.05) is 18.2 Å². The molecule has 1 amide bonds. The number of carbonyl (C=O) groups excluding carboxylic acids is 1. The summed E-state index contributed by atoms with van der Waals surface area (Å²) in [7, 11) is -1.28. The molecule has 0 radical (unpaired) electrons. The minimum atomic E-state index is -1.28.